The van der Waals surface area contributed by atoms with E-state index in [1.165, 1.54) is 7.11 Å². The van der Waals surface area contributed by atoms with Crippen LogP contribution in [0.3, 0.4) is 0 Å². The number of hydrogen-bond acceptors (Lipinski definition) is 4. The highest BCUT2D eigenvalue weighted by atomic mass is 16.6. The van der Waals surface area contributed by atoms with Gasteiger partial charge in [0.05, 0.1) is 13.5 Å². The zero-order chi connectivity index (χ0) is 13.5. The molecule has 5 nitrogen and oxygen atoms in total. The molecule has 1 aromatic carbocycles. The minimum Gasteiger partial charge on any atom is -0.469 e. The smallest absolute Gasteiger partial charge is 0.306 e. The second kappa shape index (κ2) is 6.74. The normalized spacial score (nSPS) is 13.7. The number of rotatable bonds is 6. The van der Waals surface area contributed by atoms with Gasteiger partial charge in [-0.15, -0.1) is 0 Å². The van der Waals surface area contributed by atoms with Gasteiger partial charge in [0, 0.05) is 10.8 Å². The van der Waals surface area contributed by atoms with Crippen LogP contribution in [0.5, 0.6) is 0 Å². The van der Waals surface area contributed by atoms with Gasteiger partial charge in [-0.25, -0.2) is 0 Å². The van der Waals surface area contributed by atoms with Gasteiger partial charge in [0.2, 0.25) is 6.54 Å². The van der Waals surface area contributed by atoms with E-state index in [4.69, 9.17) is 0 Å². The Bertz CT molecular complexity index is 405. The van der Waals surface area contributed by atoms with E-state index in [9.17, 15) is 14.9 Å². The minimum absolute atomic E-state index is 0.0595. The summed E-state index contributed by atoms with van der Waals surface area (Å²) >= 11 is 0. The maximum absolute atomic E-state index is 11.3. The van der Waals surface area contributed by atoms with Crippen LogP contribution in [0.2, 0.25) is 0 Å². The molecule has 0 bridgehead atoms. The van der Waals surface area contributed by atoms with Crippen LogP contribution in [-0.4, -0.2) is 24.5 Å². The topological polar surface area (TPSA) is 69.4 Å². The summed E-state index contributed by atoms with van der Waals surface area (Å²) in [5, 5.41) is 10.7. The van der Waals surface area contributed by atoms with Gasteiger partial charge in [-0.1, -0.05) is 37.3 Å². The third kappa shape index (κ3) is 4.16. The van der Waals surface area contributed by atoms with Crippen molar-refractivity contribution in [2.24, 2.45) is 5.92 Å². The van der Waals surface area contributed by atoms with Crippen LogP contribution >= 0.6 is 0 Å². The molecule has 0 saturated heterocycles. The summed E-state index contributed by atoms with van der Waals surface area (Å²) < 4.78 is 4.59. The summed E-state index contributed by atoms with van der Waals surface area (Å²) in [4.78, 5) is 21.6. The number of benzene rings is 1. The Morgan fingerprint density at radius 3 is 2.50 bits per heavy atom. The Balaban J connectivity index is 2.81. The predicted octanol–water partition coefficient (Wildman–Crippen LogP) is 2.25. The lowest BCUT2D eigenvalue weighted by atomic mass is 9.85. The second-order valence-electron chi connectivity index (χ2n) is 4.26. The lowest BCUT2D eigenvalue weighted by molar-refractivity contribution is -0.488. The summed E-state index contributed by atoms with van der Waals surface area (Å²) in [5.41, 5.74) is 0.994. The Hall–Kier alpha value is -1.91. The Morgan fingerprint density at radius 2 is 2.00 bits per heavy atom. The van der Waals surface area contributed by atoms with Crippen LogP contribution in [0.15, 0.2) is 30.3 Å². The lowest BCUT2D eigenvalue weighted by Crippen LogP contribution is -2.23. The molecule has 0 spiro atoms. The molecule has 18 heavy (non-hydrogen) atoms. The van der Waals surface area contributed by atoms with E-state index in [1.807, 2.05) is 37.3 Å². The number of ether oxygens (including phenoxy) is 1. The summed E-state index contributed by atoms with van der Waals surface area (Å²) in [6.07, 6.45) is 0.0630. The highest BCUT2D eigenvalue weighted by Gasteiger charge is 2.26. The van der Waals surface area contributed by atoms with E-state index in [-0.39, 0.29) is 29.7 Å². The molecule has 0 aliphatic rings. The molecule has 0 heterocycles. The van der Waals surface area contributed by atoms with E-state index in [0.717, 1.165) is 5.56 Å². The zero-order valence-corrected chi connectivity index (χ0v) is 10.5. The molecule has 2 atom stereocenters. The van der Waals surface area contributed by atoms with Gasteiger partial charge >= 0.3 is 5.97 Å². The van der Waals surface area contributed by atoms with E-state index in [0.29, 0.717) is 0 Å². The van der Waals surface area contributed by atoms with Crippen LogP contribution in [0.25, 0.3) is 0 Å². The van der Waals surface area contributed by atoms with E-state index in [2.05, 4.69) is 4.74 Å². The molecule has 0 aliphatic heterocycles. The largest absolute Gasteiger partial charge is 0.469 e. The van der Waals surface area contributed by atoms with E-state index < -0.39 is 5.97 Å². The summed E-state index contributed by atoms with van der Waals surface area (Å²) in [5.74, 6) is -0.824. The maximum Gasteiger partial charge on any atom is 0.306 e. The number of esters is 1. The first-order chi connectivity index (χ1) is 8.54. The van der Waals surface area contributed by atoms with Gasteiger partial charge < -0.3 is 4.74 Å². The highest BCUT2D eigenvalue weighted by molar-refractivity contribution is 5.69. The highest BCUT2D eigenvalue weighted by Crippen LogP contribution is 2.27. The van der Waals surface area contributed by atoms with Crippen molar-refractivity contribution in [3.63, 3.8) is 0 Å². The van der Waals surface area contributed by atoms with Crippen molar-refractivity contribution in [2.75, 3.05) is 13.7 Å². The van der Waals surface area contributed by atoms with Gasteiger partial charge in [-0.3, -0.25) is 14.9 Å². The van der Waals surface area contributed by atoms with Crippen LogP contribution in [0.4, 0.5) is 0 Å². The molecular formula is C13H17NO4. The number of nitrogens with zero attached hydrogens (tertiary/aromatic N) is 1. The molecule has 1 rings (SSSR count). The Labute approximate surface area is 106 Å². The number of methoxy groups -OCH3 is 1. The molecule has 0 radical (unpaired) electrons. The molecule has 1 aromatic rings. The SMILES string of the molecule is COC(=O)CC(C[N+](=O)[O-])C(C)c1ccccc1. The number of nitro groups is 1. The Kier molecular flexibility index (Phi) is 5.30. The van der Waals surface area contributed by atoms with Crippen LogP contribution in [-0.2, 0) is 9.53 Å². The molecular weight excluding hydrogens is 234 g/mol. The van der Waals surface area contributed by atoms with Crippen molar-refractivity contribution in [3.05, 3.63) is 46.0 Å². The van der Waals surface area contributed by atoms with Gasteiger partial charge in [0.1, 0.15) is 0 Å². The van der Waals surface area contributed by atoms with Crippen LogP contribution in [0.1, 0.15) is 24.8 Å². The average Bonchev–Trinajstić information content (AvgIpc) is 2.37. The van der Waals surface area contributed by atoms with Crippen molar-refractivity contribution in [1.29, 1.82) is 0 Å². The van der Waals surface area contributed by atoms with Gasteiger partial charge in [-0.2, -0.15) is 0 Å². The molecule has 0 aliphatic carbocycles. The van der Waals surface area contributed by atoms with Crippen molar-refractivity contribution in [2.45, 2.75) is 19.3 Å². The van der Waals surface area contributed by atoms with E-state index >= 15 is 0 Å². The predicted molar refractivity (Wildman–Crippen MR) is 66.8 cm³/mol. The molecule has 0 amide bonds. The first-order valence-corrected chi connectivity index (χ1v) is 5.78. The fraction of sp³-hybridized carbons (Fsp3) is 0.462. The average molecular weight is 251 g/mol. The standard InChI is InChI=1S/C13H17NO4/c1-10(11-6-4-3-5-7-11)12(9-14(16)17)8-13(15)18-2/h3-7,10,12H,8-9H2,1-2H3. The maximum atomic E-state index is 11.3. The fourth-order valence-corrected chi connectivity index (χ4v) is 1.92. The zero-order valence-electron chi connectivity index (χ0n) is 10.5. The van der Waals surface area contributed by atoms with Crippen LogP contribution in [0, 0.1) is 16.0 Å². The summed E-state index contributed by atoms with van der Waals surface area (Å²) in [7, 11) is 1.29. The Morgan fingerprint density at radius 1 is 1.39 bits per heavy atom. The molecule has 0 saturated carbocycles. The molecule has 0 fully saturated rings. The van der Waals surface area contributed by atoms with Gasteiger partial charge in [-0.05, 0) is 11.5 Å². The number of carbonyl (C=O) groups excluding carboxylic acids is 1. The third-order valence-electron chi connectivity index (χ3n) is 3.07. The van der Waals surface area contributed by atoms with Crippen molar-refractivity contribution in [1.82, 2.24) is 0 Å². The number of carbonyl (C=O) groups is 1. The molecule has 98 valence electrons. The van der Waals surface area contributed by atoms with E-state index in [1.54, 1.807) is 0 Å². The fourth-order valence-electron chi connectivity index (χ4n) is 1.92. The summed E-state index contributed by atoms with van der Waals surface area (Å²) in [6, 6.07) is 9.48. The molecule has 0 aromatic heterocycles. The number of hydrogen-bond donors (Lipinski definition) is 0. The quantitative estimate of drug-likeness (QED) is 0.441. The summed E-state index contributed by atoms with van der Waals surface area (Å²) in [6.45, 7) is 1.66. The van der Waals surface area contributed by atoms with Crippen molar-refractivity contribution >= 4 is 5.97 Å². The minimum atomic E-state index is -0.412. The lowest BCUT2D eigenvalue weighted by Gasteiger charge is -2.19. The molecule has 0 N–H and O–H groups in total. The first kappa shape index (κ1) is 14.2. The molecule has 2 unspecified atom stereocenters. The van der Waals surface area contributed by atoms with Crippen LogP contribution < -0.4 is 0 Å². The van der Waals surface area contributed by atoms with Crippen molar-refractivity contribution in [3.8, 4) is 0 Å². The second-order valence-corrected chi connectivity index (χ2v) is 4.26. The third-order valence-corrected chi connectivity index (χ3v) is 3.07. The van der Waals surface area contributed by atoms with Crippen molar-refractivity contribution < 1.29 is 14.5 Å². The first-order valence-electron chi connectivity index (χ1n) is 5.78. The molecule has 5 heteroatoms. The van der Waals surface area contributed by atoms with Gasteiger partial charge in [0.15, 0.2) is 0 Å². The monoisotopic (exact) mass is 251 g/mol. The van der Waals surface area contributed by atoms with Gasteiger partial charge in [0.25, 0.3) is 0 Å².